The zero-order valence-electron chi connectivity index (χ0n) is 10.5. The van der Waals surface area contributed by atoms with E-state index in [0.29, 0.717) is 11.1 Å². The monoisotopic (exact) mass is 269 g/mol. The Morgan fingerprint density at radius 3 is 2.37 bits per heavy atom. The molecule has 0 saturated carbocycles. The number of rotatable bonds is 6. The van der Waals surface area contributed by atoms with Crippen molar-refractivity contribution in [2.45, 2.75) is 25.8 Å². The summed E-state index contributed by atoms with van der Waals surface area (Å²) >= 11 is 0. The molecule has 19 heavy (non-hydrogen) atoms. The van der Waals surface area contributed by atoms with Gasteiger partial charge in [-0.15, -0.1) is 0 Å². The maximum absolute atomic E-state index is 13.2. The van der Waals surface area contributed by atoms with E-state index in [9.17, 15) is 14.0 Å². The molecule has 104 valence electrons. The number of aliphatic carboxylic acids is 2. The van der Waals surface area contributed by atoms with Gasteiger partial charge in [0.15, 0.2) is 0 Å². The van der Waals surface area contributed by atoms with Gasteiger partial charge < -0.3 is 15.9 Å². The second-order valence-corrected chi connectivity index (χ2v) is 4.51. The molecule has 0 saturated heterocycles. The molecular formula is C13H16FNO4. The zero-order valence-corrected chi connectivity index (χ0v) is 10.5. The Balaban J connectivity index is 2.97. The molecule has 0 spiro atoms. The lowest BCUT2D eigenvalue weighted by molar-refractivity contribution is -0.141. The first-order valence-corrected chi connectivity index (χ1v) is 5.79. The van der Waals surface area contributed by atoms with Crippen molar-refractivity contribution in [2.24, 2.45) is 11.7 Å². The van der Waals surface area contributed by atoms with Crippen molar-refractivity contribution in [3.63, 3.8) is 0 Å². The molecule has 6 heteroatoms. The van der Waals surface area contributed by atoms with Crippen LogP contribution in [0.15, 0.2) is 18.2 Å². The highest BCUT2D eigenvalue weighted by Gasteiger charge is 2.18. The highest BCUT2D eigenvalue weighted by Crippen LogP contribution is 2.17. The first-order valence-electron chi connectivity index (χ1n) is 5.79. The summed E-state index contributed by atoms with van der Waals surface area (Å²) in [6.45, 7) is 1.53. The summed E-state index contributed by atoms with van der Waals surface area (Å²) in [7, 11) is 0. The molecular weight excluding hydrogens is 253 g/mol. The normalized spacial score (nSPS) is 13.8. The van der Waals surface area contributed by atoms with Crippen LogP contribution in [0.5, 0.6) is 0 Å². The Bertz CT molecular complexity index is 490. The largest absolute Gasteiger partial charge is 0.481 e. The van der Waals surface area contributed by atoms with Crippen molar-refractivity contribution in [3.8, 4) is 0 Å². The van der Waals surface area contributed by atoms with Gasteiger partial charge >= 0.3 is 11.9 Å². The van der Waals surface area contributed by atoms with Crippen LogP contribution in [0.1, 0.15) is 18.1 Å². The number of carboxylic acid groups (broad SMARTS) is 2. The molecule has 5 nitrogen and oxygen atoms in total. The average Bonchev–Trinajstić information content (AvgIpc) is 2.32. The summed E-state index contributed by atoms with van der Waals surface area (Å²) in [6, 6.07) is 2.76. The van der Waals surface area contributed by atoms with Crippen LogP contribution in [0.3, 0.4) is 0 Å². The summed E-state index contributed by atoms with van der Waals surface area (Å²) in [4.78, 5) is 21.5. The van der Waals surface area contributed by atoms with E-state index in [2.05, 4.69) is 0 Å². The molecule has 0 heterocycles. The van der Waals surface area contributed by atoms with Gasteiger partial charge in [0, 0.05) is 0 Å². The summed E-state index contributed by atoms with van der Waals surface area (Å²) in [6.07, 6.45) is 0.173. The minimum Gasteiger partial charge on any atom is -0.481 e. The molecule has 4 N–H and O–H groups in total. The Kier molecular flexibility index (Phi) is 5.00. The maximum Gasteiger partial charge on any atom is 0.320 e. The summed E-state index contributed by atoms with van der Waals surface area (Å²) < 4.78 is 13.2. The van der Waals surface area contributed by atoms with Gasteiger partial charge in [0.1, 0.15) is 11.9 Å². The van der Waals surface area contributed by atoms with Crippen LogP contribution in [-0.2, 0) is 22.4 Å². The highest BCUT2D eigenvalue weighted by atomic mass is 19.1. The maximum atomic E-state index is 13.2. The zero-order chi connectivity index (χ0) is 14.6. The van der Waals surface area contributed by atoms with E-state index in [4.69, 9.17) is 15.9 Å². The van der Waals surface area contributed by atoms with E-state index >= 15 is 0 Å². The number of carboxylic acids is 2. The van der Waals surface area contributed by atoms with Crippen molar-refractivity contribution < 1.29 is 24.2 Å². The van der Waals surface area contributed by atoms with E-state index in [1.807, 2.05) is 0 Å². The molecule has 2 atom stereocenters. The van der Waals surface area contributed by atoms with Crippen molar-refractivity contribution in [3.05, 3.63) is 35.1 Å². The molecule has 0 bridgehead atoms. The molecule has 1 unspecified atom stereocenters. The fraction of sp³-hybridized carbons (Fsp3) is 0.385. The quantitative estimate of drug-likeness (QED) is 0.716. The summed E-state index contributed by atoms with van der Waals surface area (Å²) in [5.41, 5.74) is 6.46. The van der Waals surface area contributed by atoms with Gasteiger partial charge in [0.05, 0.1) is 5.92 Å². The van der Waals surface area contributed by atoms with Crippen molar-refractivity contribution in [1.82, 2.24) is 0 Å². The van der Waals surface area contributed by atoms with Crippen molar-refractivity contribution in [2.75, 3.05) is 0 Å². The van der Waals surface area contributed by atoms with E-state index in [-0.39, 0.29) is 12.8 Å². The predicted octanol–water partition coefficient (Wildman–Crippen LogP) is 1.04. The van der Waals surface area contributed by atoms with Gasteiger partial charge in [-0.1, -0.05) is 13.0 Å². The minimum absolute atomic E-state index is 0.0330. The predicted molar refractivity (Wildman–Crippen MR) is 66.2 cm³/mol. The number of carbonyl (C=O) groups is 2. The average molecular weight is 269 g/mol. The molecule has 1 aromatic carbocycles. The lowest BCUT2D eigenvalue weighted by atomic mass is 9.93. The van der Waals surface area contributed by atoms with Gasteiger partial charge in [-0.25, -0.2) is 4.39 Å². The molecule has 0 amide bonds. The van der Waals surface area contributed by atoms with Crippen LogP contribution in [0, 0.1) is 11.7 Å². The van der Waals surface area contributed by atoms with E-state index in [1.54, 1.807) is 0 Å². The third-order valence-corrected chi connectivity index (χ3v) is 2.87. The summed E-state index contributed by atoms with van der Waals surface area (Å²) in [5, 5.41) is 17.6. The van der Waals surface area contributed by atoms with Crippen LogP contribution < -0.4 is 5.73 Å². The number of halogens is 1. The standard InChI is InChI=1S/C13H16FNO4/c1-7(12(16)17)4-8-2-3-10(14)5-9(8)6-11(15)13(18)19/h2-3,5,7,11H,4,6,15H2,1H3,(H,16,17)(H,18,19)/t7?,11-/m0/s1. The fourth-order valence-corrected chi connectivity index (χ4v) is 1.73. The lowest BCUT2D eigenvalue weighted by Crippen LogP contribution is -2.32. The molecule has 0 fully saturated rings. The molecule has 0 radical (unpaired) electrons. The topological polar surface area (TPSA) is 101 Å². The molecule has 0 aromatic heterocycles. The second-order valence-electron chi connectivity index (χ2n) is 4.51. The van der Waals surface area contributed by atoms with Gasteiger partial charge in [-0.3, -0.25) is 9.59 Å². The Hall–Kier alpha value is -1.95. The molecule has 1 rings (SSSR count). The van der Waals surface area contributed by atoms with Crippen molar-refractivity contribution >= 4 is 11.9 Å². The fourth-order valence-electron chi connectivity index (χ4n) is 1.73. The second kappa shape index (κ2) is 6.29. The lowest BCUT2D eigenvalue weighted by Gasteiger charge is -2.14. The van der Waals surface area contributed by atoms with Gasteiger partial charge in [0.25, 0.3) is 0 Å². The Morgan fingerprint density at radius 1 is 1.21 bits per heavy atom. The van der Waals surface area contributed by atoms with Crippen LogP contribution in [0.2, 0.25) is 0 Å². The van der Waals surface area contributed by atoms with E-state index in [1.165, 1.54) is 25.1 Å². The number of hydrogen-bond donors (Lipinski definition) is 3. The third-order valence-electron chi connectivity index (χ3n) is 2.87. The Labute approximate surface area is 109 Å². The first-order chi connectivity index (χ1) is 8.81. The molecule has 0 aliphatic heterocycles. The van der Waals surface area contributed by atoms with E-state index < -0.39 is 29.7 Å². The number of benzene rings is 1. The van der Waals surface area contributed by atoms with Gasteiger partial charge in [-0.2, -0.15) is 0 Å². The summed E-state index contributed by atoms with van der Waals surface area (Å²) in [5.74, 6) is -3.27. The minimum atomic E-state index is -1.18. The van der Waals surface area contributed by atoms with Crippen LogP contribution in [0.4, 0.5) is 4.39 Å². The molecule has 0 aliphatic carbocycles. The SMILES string of the molecule is CC(Cc1ccc(F)cc1C[C@H](N)C(=O)O)C(=O)O. The highest BCUT2D eigenvalue weighted by molar-refractivity contribution is 5.73. The van der Waals surface area contributed by atoms with Gasteiger partial charge in [-0.05, 0) is 36.1 Å². The van der Waals surface area contributed by atoms with Crippen LogP contribution >= 0.6 is 0 Å². The third kappa shape index (κ3) is 4.33. The number of hydrogen-bond acceptors (Lipinski definition) is 3. The number of nitrogens with two attached hydrogens (primary N) is 1. The van der Waals surface area contributed by atoms with Gasteiger partial charge in [0.2, 0.25) is 0 Å². The van der Waals surface area contributed by atoms with Crippen LogP contribution in [0.25, 0.3) is 0 Å². The van der Waals surface area contributed by atoms with E-state index in [0.717, 1.165) is 0 Å². The smallest absolute Gasteiger partial charge is 0.320 e. The van der Waals surface area contributed by atoms with Crippen molar-refractivity contribution in [1.29, 1.82) is 0 Å². The molecule has 1 aromatic rings. The first kappa shape index (κ1) is 15.1. The van der Waals surface area contributed by atoms with Crippen LogP contribution in [-0.4, -0.2) is 28.2 Å². The molecule has 0 aliphatic rings. The Morgan fingerprint density at radius 2 is 1.84 bits per heavy atom.